The molecule has 1 aromatic rings. The zero-order valence-electron chi connectivity index (χ0n) is 20.3. The summed E-state index contributed by atoms with van der Waals surface area (Å²) in [6.45, 7) is 6.78. The van der Waals surface area contributed by atoms with Crippen molar-refractivity contribution in [2.24, 2.45) is 5.92 Å². The molecule has 0 radical (unpaired) electrons. The summed E-state index contributed by atoms with van der Waals surface area (Å²) >= 11 is 0. The minimum atomic E-state index is -0.215. The van der Waals surface area contributed by atoms with Crippen LogP contribution in [0.2, 0.25) is 0 Å². The Kier molecular flexibility index (Phi) is 10.6. The monoisotopic (exact) mass is 440 g/mol. The van der Waals surface area contributed by atoms with Crippen molar-refractivity contribution in [3.63, 3.8) is 0 Å². The molecule has 0 N–H and O–H groups in total. The van der Waals surface area contributed by atoms with Gasteiger partial charge in [-0.3, -0.25) is 0 Å². The number of cyclic esters (lactones) is 1. The van der Waals surface area contributed by atoms with E-state index in [-0.39, 0.29) is 12.1 Å². The smallest absolute Gasteiger partial charge is 0.333 e. The van der Waals surface area contributed by atoms with Gasteiger partial charge in [0.15, 0.2) is 0 Å². The van der Waals surface area contributed by atoms with Crippen molar-refractivity contribution in [1.82, 2.24) is 0 Å². The highest BCUT2D eigenvalue weighted by Gasteiger charge is 2.26. The van der Waals surface area contributed by atoms with Gasteiger partial charge in [-0.2, -0.15) is 0 Å². The maximum absolute atomic E-state index is 11.3. The van der Waals surface area contributed by atoms with Crippen LogP contribution < -0.4 is 4.74 Å². The van der Waals surface area contributed by atoms with Gasteiger partial charge < -0.3 is 9.47 Å². The normalized spacial score (nSPS) is 23.3. The molecule has 0 bridgehead atoms. The second-order valence-corrected chi connectivity index (χ2v) is 10.0. The Morgan fingerprint density at radius 3 is 2.28 bits per heavy atom. The van der Waals surface area contributed by atoms with Crippen LogP contribution in [0, 0.1) is 5.92 Å². The molecule has 3 nitrogen and oxygen atoms in total. The van der Waals surface area contributed by atoms with Gasteiger partial charge >= 0.3 is 5.97 Å². The molecule has 1 saturated heterocycles. The molecule has 1 aliphatic heterocycles. The number of hydrogen-bond acceptors (Lipinski definition) is 3. The van der Waals surface area contributed by atoms with E-state index >= 15 is 0 Å². The SMILES string of the molecule is C=C1CC(CCCCCOc2ccc(C3CCC(CCCCCCC)CC3)cc2)OC1=O. The van der Waals surface area contributed by atoms with Crippen molar-refractivity contribution in [2.75, 3.05) is 6.61 Å². The highest BCUT2D eigenvalue weighted by molar-refractivity contribution is 5.89. The number of unbranched alkanes of at least 4 members (excludes halogenated alkanes) is 6. The van der Waals surface area contributed by atoms with E-state index in [1.54, 1.807) is 0 Å². The van der Waals surface area contributed by atoms with Gasteiger partial charge in [0.1, 0.15) is 11.9 Å². The average Bonchev–Trinajstić information content (AvgIpc) is 3.14. The zero-order valence-corrected chi connectivity index (χ0v) is 20.3. The summed E-state index contributed by atoms with van der Waals surface area (Å²) in [7, 11) is 0. The van der Waals surface area contributed by atoms with E-state index in [0.717, 1.165) is 49.9 Å². The maximum atomic E-state index is 11.3. The fraction of sp³-hybridized carbons (Fsp3) is 0.690. The second kappa shape index (κ2) is 13.7. The number of hydrogen-bond donors (Lipinski definition) is 0. The van der Waals surface area contributed by atoms with Gasteiger partial charge in [-0.25, -0.2) is 4.79 Å². The van der Waals surface area contributed by atoms with E-state index < -0.39 is 0 Å². The largest absolute Gasteiger partial charge is 0.494 e. The van der Waals surface area contributed by atoms with Crippen molar-refractivity contribution in [1.29, 1.82) is 0 Å². The Hall–Kier alpha value is -1.77. The summed E-state index contributed by atoms with van der Waals surface area (Å²) in [6, 6.07) is 8.87. The van der Waals surface area contributed by atoms with Crippen molar-refractivity contribution in [3.05, 3.63) is 42.0 Å². The van der Waals surface area contributed by atoms with Gasteiger partial charge in [0.2, 0.25) is 0 Å². The number of benzene rings is 1. The quantitative estimate of drug-likeness (QED) is 0.166. The number of carbonyl (C=O) groups excluding carboxylic acids is 1. The lowest BCUT2D eigenvalue weighted by molar-refractivity contribution is -0.139. The molecule has 1 aromatic carbocycles. The van der Waals surface area contributed by atoms with Crippen LogP contribution in [0.3, 0.4) is 0 Å². The zero-order chi connectivity index (χ0) is 22.6. The van der Waals surface area contributed by atoms with Gasteiger partial charge in [0.25, 0.3) is 0 Å². The van der Waals surface area contributed by atoms with Gasteiger partial charge in [-0.05, 0) is 80.9 Å². The number of carbonyl (C=O) groups is 1. The molecule has 178 valence electrons. The minimum Gasteiger partial charge on any atom is -0.494 e. The molecular formula is C29H44O3. The Morgan fingerprint density at radius 1 is 0.906 bits per heavy atom. The molecule has 3 rings (SSSR count). The third kappa shape index (κ3) is 8.30. The first-order valence-corrected chi connectivity index (χ1v) is 13.3. The van der Waals surface area contributed by atoms with Gasteiger partial charge in [-0.1, -0.05) is 64.2 Å². The number of rotatable bonds is 14. The molecule has 1 unspecified atom stereocenters. The van der Waals surface area contributed by atoms with E-state index in [1.165, 1.54) is 69.8 Å². The molecule has 1 heterocycles. The van der Waals surface area contributed by atoms with Gasteiger partial charge in [0, 0.05) is 12.0 Å². The molecule has 1 atom stereocenters. The maximum Gasteiger partial charge on any atom is 0.333 e. The molecule has 2 aliphatic rings. The van der Waals surface area contributed by atoms with Crippen LogP contribution in [0.1, 0.15) is 115 Å². The summed E-state index contributed by atoms with van der Waals surface area (Å²) in [4.78, 5) is 11.3. The summed E-state index contributed by atoms with van der Waals surface area (Å²) in [5.74, 6) is 2.47. The second-order valence-electron chi connectivity index (χ2n) is 10.0. The topological polar surface area (TPSA) is 35.5 Å². The van der Waals surface area contributed by atoms with Crippen LogP contribution >= 0.6 is 0 Å². The summed E-state index contributed by atoms with van der Waals surface area (Å²) in [5, 5.41) is 0. The average molecular weight is 441 g/mol. The van der Waals surface area contributed by atoms with Crippen LogP contribution in [0.25, 0.3) is 0 Å². The van der Waals surface area contributed by atoms with E-state index in [2.05, 4.69) is 37.8 Å². The fourth-order valence-corrected chi connectivity index (χ4v) is 5.29. The third-order valence-electron chi connectivity index (χ3n) is 7.39. The molecule has 0 aromatic heterocycles. The first kappa shape index (κ1) is 24.9. The van der Waals surface area contributed by atoms with E-state index in [0.29, 0.717) is 12.0 Å². The molecule has 1 saturated carbocycles. The first-order valence-electron chi connectivity index (χ1n) is 13.3. The van der Waals surface area contributed by atoms with Gasteiger partial charge in [-0.15, -0.1) is 0 Å². The molecule has 32 heavy (non-hydrogen) atoms. The van der Waals surface area contributed by atoms with Crippen LogP contribution in [-0.2, 0) is 9.53 Å². The predicted molar refractivity (Wildman–Crippen MR) is 132 cm³/mol. The van der Waals surface area contributed by atoms with Crippen molar-refractivity contribution < 1.29 is 14.3 Å². The molecule has 0 amide bonds. The van der Waals surface area contributed by atoms with E-state index in [9.17, 15) is 4.79 Å². The molecule has 1 aliphatic carbocycles. The Bertz CT molecular complexity index is 669. The van der Waals surface area contributed by atoms with E-state index in [4.69, 9.17) is 9.47 Å². The third-order valence-corrected chi connectivity index (χ3v) is 7.39. The predicted octanol–water partition coefficient (Wildman–Crippen LogP) is 8.13. The Labute approximate surface area is 196 Å². The fourth-order valence-electron chi connectivity index (χ4n) is 5.29. The van der Waals surface area contributed by atoms with Crippen LogP contribution in [-0.4, -0.2) is 18.7 Å². The standard InChI is InChI=1S/C29H44O3/c1-3-4-5-6-8-11-24-13-15-25(16-14-24)26-17-19-27(20-18-26)31-21-10-7-9-12-28-22-23(2)29(30)32-28/h17-20,24-25,28H,2-16,21-22H2,1H3. The minimum absolute atomic E-state index is 0.0457. The lowest BCUT2D eigenvalue weighted by Gasteiger charge is -2.29. The highest BCUT2D eigenvalue weighted by Crippen LogP contribution is 2.38. The van der Waals surface area contributed by atoms with Crippen molar-refractivity contribution in [2.45, 2.75) is 115 Å². The summed E-state index contributed by atoms with van der Waals surface area (Å²) in [5.41, 5.74) is 2.11. The summed E-state index contributed by atoms with van der Waals surface area (Å²) < 4.78 is 11.2. The number of ether oxygens (including phenoxy) is 2. The Balaban J connectivity index is 1.24. The first-order chi connectivity index (χ1) is 15.7. The molecule has 2 fully saturated rings. The van der Waals surface area contributed by atoms with E-state index in [1.807, 2.05) is 0 Å². The van der Waals surface area contributed by atoms with Crippen molar-refractivity contribution >= 4 is 5.97 Å². The van der Waals surface area contributed by atoms with Gasteiger partial charge in [0.05, 0.1) is 6.61 Å². The molecular weight excluding hydrogens is 396 g/mol. The molecule has 3 heteroatoms. The molecule has 0 spiro atoms. The summed E-state index contributed by atoms with van der Waals surface area (Å²) in [6.07, 6.45) is 18.9. The van der Waals surface area contributed by atoms with Crippen LogP contribution in [0.4, 0.5) is 0 Å². The van der Waals surface area contributed by atoms with Crippen LogP contribution in [0.15, 0.2) is 36.4 Å². The number of esters is 1. The lowest BCUT2D eigenvalue weighted by atomic mass is 9.77. The van der Waals surface area contributed by atoms with Crippen LogP contribution in [0.5, 0.6) is 5.75 Å². The lowest BCUT2D eigenvalue weighted by Crippen LogP contribution is -2.13. The Morgan fingerprint density at radius 2 is 1.59 bits per heavy atom. The highest BCUT2D eigenvalue weighted by atomic mass is 16.5. The van der Waals surface area contributed by atoms with Crippen molar-refractivity contribution in [3.8, 4) is 5.75 Å².